The van der Waals surface area contributed by atoms with Gasteiger partial charge < -0.3 is 15.3 Å². The van der Waals surface area contributed by atoms with Crippen molar-refractivity contribution in [3.8, 4) is 0 Å². The van der Waals surface area contributed by atoms with E-state index in [9.17, 15) is 3.50 Å². The van der Waals surface area contributed by atoms with Crippen molar-refractivity contribution in [1.29, 1.82) is 0 Å². The molecule has 3 N–H and O–H groups in total. The van der Waals surface area contributed by atoms with E-state index in [2.05, 4.69) is 0 Å². The van der Waals surface area contributed by atoms with Gasteiger partial charge in [0.05, 0.1) is 18.3 Å². The Morgan fingerprint density at radius 3 is 1.13 bits per heavy atom. The Kier molecular flexibility index (Phi) is 33.9. The zero-order valence-electron chi connectivity index (χ0n) is 15.6. The van der Waals surface area contributed by atoms with E-state index in [4.69, 9.17) is 15.3 Å². The predicted octanol–water partition coefficient (Wildman–Crippen LogP) is 2.41. The summed E-state index contributed by atoms with van der Waals surface area (Å²) in [6.45, 7) is 11.2. The van der Waals surface area contributed by atoms with Crippen LogP contribution in [0.4, 0.5) is 3.50 Å². The van der Waals surface area contributed by atoms with E-state index in [0.717, 1.165) is 23.7 Å². The summed E-state index contributed by atoms with van der Waals surface area (Å²) < 4.78 is 12.7. The average molecular weight is 471 g/mol. The molecule has 0 saturated heterocycles. The van der Waals surface area contributed by atoms with Gasteiger partial charge in [0.25, 0.3) is 0 Å². The minimum atomic E-state index is -1.73. The second-order valence-electron chi connectivity index (χ2n) is 5.20. The van der Waals surface area contributed by atoms with E-state index >= 15 is 0 Å². The summed E-state index contributed by atoms with van der Waals surface area (Å²) in [6, 6.07) is 7.44. The SMILES string of the molecule is CCC(C)O.CCC(C)O.CCC(C)O.[F][GeH2][c-]1cccc1.[Zr]. The quantitative estimate of drug-likeness (QED) is 0.467. The van der Waals surface area contributed by atoms with Crippen molar-refractivity contribution in [2.75, 3.05) is 0 Å². The molecule has 1 aromatic carbocycles. The van der Waals surface area contributed by atoms with E-state index in [1.165, 1.54) is 0 Å². The smallest absolute Gasteiger partial charge is 0 e. The summed E-state index contributed by atoms with van der Waals surface area (Å²) in [5, 5.41) is 25.1. The molecule has 6 heteroatoms. The number of hydrogen-bond donors (Lipinski definition) is 3. The van der Waals surface area contributed by atoms with Gasteiger partial charge in [0.15, 0.2) is 0 Å². The Labute approximate surface area is 168 Å². The third kappa shape index (κ3) is 39.4. The van der Waals surface area contributed by atoms with E-state index in [-0.39, 0.29) is 44.5 Å². The van der Waals surface area contributed by atoms with Gasteiger partial charge >= 0.3 is 48.1 Å². The van der Waals surface area contributed by atoms with Crippen LogP contribution in [0.1, 0.15) is 60.8 Å². The van der Waals surface area contributed by atoms with Crippen LogP contribution in [-0.4, -0.2) is 49.5 Å². The minimum absolute atomic E-state index is 0. The first kappa shape index (κ1) is 31.4. The first-order valence-corrected chi connectivity index (χ1v) is 10.7. The van der Waals surface area contributed by atoms with Gasteiger partial charge in [-0.3, -0.25) is 0 Å². The molecule has 0 aromatic heterocycles. The molecular weight excluding hydrogens is 435 g/mol. The Morgan fingerprint density at radius 2 is 1.04 bits per heavy atom. The summed E-state index contributed by atoms with van der Waals surface area (Å²) in [7, 11) is 0. The number of halogens is 1. The van der Waals surface area contributed by atoms with Gasteiger partial charge in [-0.2, -0.15) is 0 Å². The van der Waals surface area contributed by atoms with E-state index < -0.39 is 15.9 Å². The van der Waals surface area contributed by atoms with Gasteiger partial charge in [-0.15, -0.1) is 0 Å². The maximum Gasteiger partial charge on any atom is 0 e. The number of aliphatic hydroxyl groups excluding tert-OH is 3. The van der Waals surface area contributed by atoms with Gasteiger partial charge in [-0.1, -0.05) is 20.8 Å². The first-order valence-electron chi connectivity index (χ1n) is 8.05. The molecule has 23 heavy (non-hydrogen) atoms. The molecule has 1 rings (SSSR count). The fourth-order valence-corrected chi connectivity index (χ4v) is 1.45. The molecule has 0 amide bonds. The normalized spacial score (nSPS) is 13.1. The van der Waals surface area contributed by atoms with Crippen molar-refractivity contribution in [2.24, 2.45) is 0 Å². The van der Waals surface area contributed by atoms with Crippen LogP contribution in [-0.2, 0) is 26.2 Å². The van der Waals surface area contributed by atoms with Gasteiger partial charge in [0, 0.05) is 26.2 Å². The fraction of sp³-hybridized carbons (Fsp3) is 0.706. The largest absolute Gasteiger partial charge is 0 e. The Bertz CT molecular complexity index is 262. The third-order valence-corrected chi connectivity index (χ3v) is 4.30. The van der Waals surface area contributed by atoms with E-state index in [0.29, 0.717) is 0 Å². The monoisotopic (exact) mass is 471 g/mol. The Hall–Kier alpha value is 0.586. The second-order valence-corrected chi connectivity index (χ2v) is 7.47. The molecule has 0 spiro atoms. The maximum absolute atomic E-state index is 11.7. The number of rotatable bonds is 4. The van der Waals surface area contributed by atoms with Crippen LogP contribution in [0, 0.1) is 0 Å². The van der Waals surface area contributed by atoms with Crippen LogP contribution in [0.5, 0.6) is 0 Å². The molecule has 0 aliphatic carbocycles. The summed E-state index contributed by atoms with van der Waals surface area (Å²) in [5.41, 5.74) is 0. The zero-order chi connectivity index (χ0) is 18.0. The van der Waals surface area contributed by atoms with Crippen LogP contribution in [0.3, 0.4) is 0 Å². The second kappa shape index (κ2) is 24.8. The van der Waals surface area contributed by atoms with Gasteiger partial charge in [-0.05, 0) is 40.0 Å². The van der Waals surface area contributed by atoms with Crippen LogP contribution < -0.4 is 4.40 Å². The zero-order valence-corrected chi connectivity index (χ0v) is 21.0. The van der Waals surface area contributed by atoms with Crippen molar-refractivity contribution in [3.63, 3.8) is 0 Å². The molecule has 1 aromatic rings. The molecular formula is C17H36FGeO3Zr-. The molecule has 0 heterocycles. The molecule has 0 bridgehead atoms. The molecule has 0 fully saturated rings. The standard InChI is InChI=1S/C5H6FGe.3C4H10O.Zr/c6-7-5-3-1-2-4-5;3*1-3-4(2)5;/h1-4H,7H2;3*4-5H,3H2,1-2H3;/q-1;;;;. The Morgan fingerprint density at radius 1 is 0.826 bits per heavy atom. The van der Waals surface area contributed by atoms with E-state index in [1.807, 2.05) is 45.0 Å². The van der Waals surface area contributed by atoms with Crippen molar-refractivity contribution in [3.05, 3.63) is 24.3 Å². The van der Waals surface area contributed by atoms with Gasteiger partial charge in [-0.25, -0.2) is 0 Å². The van der Waals surface area contributed by atoms with Crippen molar-refractivity contribution in [1.82, 2.24) is 0 Å². The van der Waals surface area contributed by atoms with Crippen molar-refractivity contribution >= 4 is 20.3 Å². The van der Waals surface area contributed by atoms with Crippen molar-refractivity contribution in [2.45, 2.75) is 79.1 Å². The van der Waals surface area contributed by atoms with Crippen molar-refractivity contribution < 1.29 is 45.0 Å². The molecule has 138 valence electrons. The Balaban J connectivity index is -0.000000105. The van der Waals surface area contributed by atoms with Crippen LogP contribution >= 0.6 is 0 Å². The molecule has 0 radical (unpaired) electrons. The fourth-order valence-electron chi connectivity index (χ4n) is 0.503. The molecule has 3 atom stereocenters. The molecule has 0 aliphatic heterocycles. The summed E-state index contributed by atoms with van der Waals surface area (Å²) in [6.07, 6.45) is 2.24. The van der Waals surface area contributed by atoms with Crippen LogP contribution in [0.15, 0.2) is 24.3 Å². The molecule has 3 nitrogen and oxygen atoms in total. The molecule has 3 unspecified atom stereocenters. The van der Waals surface area contributed by atoms with Gasteiger partial charge in [0.1, 0.15) is 0 Å². The molecule has 0 aliphatic rings. The maximum atomic E-state index is 11.7. The first-order chi connectivity index (χ1) is 10.2. The predicted molar refractivity (Wildman–Crippen MR) is 97.2 cm³/mol. The minimum Gasteiger partial charge on any atom is 0 e. The van der Waals surface area contributed by atoms with Crippen LogP contribution in [0.2, 0.25) is 0 Å². The summed E-state index contributed by atoms with van der Waals surface area (Å²) >= 11 is -1.73. The third-order valence-electron chi connectivity index (χ3n) is 2.66. The number of aliphatic hydroxyl groups is 3. The molecule has 0 saturated carbocycles. The van der Waals surface area contributed by atoms with E-state index in [1.54, 1.807) is 20.8 Å². The van der Waals surface area contributed by atoms with Gasteiger partial charge in [0.2, 0.25) is 0 Å². The summed E-state index contributed by atoms with van der Waals surface area (Å²) in [4.78, 5) is 0. The topological polar surface area (TPSA) is 60.7 Å². The van der Waals surface area contributed by atoms with Crippen LogP contribution in [0.25, 0.3) is 0 Å². The average Bonchev–Trinajstić information content (AvgIpc) is 3.02. The number of hydrogen-bond acceptors (Lipinski definition) is 3. The summed E-state index contributed by atoms with van der Waals surface area (Å²) in [5.74, 6) is 0.